The minimum absolute atomic E-state index is 0.0197. The van der Waals surface area contributed by atoms with Crippen molar-refractivity contribution in [2.45, 2.75) is 25.8 Å². The van der Waals surface area contributed by atoms with Gasteiger partial charge in [0.05, 0.1) is 23.9 Å². The van der Waals surface area contributed by atoms with E-state index in [0.717, 1.165) is 18.9 Å². The molecule has 1 aromatic carbocycles. The van der Waals surface area contributed by atoms with Gasteiger partial charge in [0.15, 0.2) is 0 Å². The molecule has 0 aliphatic heterocycles. The van der Waals surface area contributed by atoms with Gasteiger partial charge in [-0.05, 0) is 38.0 Å². The highest BCUT2D eigenvalue weighted by Crippen LogP contribution is 2.26. The first kappa shape index (κ1) is 13.3. The summed E-state index contributed by atoms with van der Waals surface area (Å²) in [4.78, 5) is 13.8. The fraction of sp³-hybridized carbons (Fsp3) is 0.429. The van der Waals surface area contributed by atoms with E-state index in [1.165, 1.54) is 12.1 Å². The predicted octanol–water partition coefficient (Wildman–Crippen LogP) is 2.12. The van der Waals surface area contributed by atoms with Crippen LogP contribution in [-0.2, 0) is 4.79 Å². The van der Waals surface area contributed by atoms with E-state index in [1.807, 2.05) is 17.9 Å². The van der Waals surface area contributed by atoms with Gasteiger partial charge in [0, 0.05) is 12.6 Å². The lowest BCUT2D eigenvalue weighted by Crippen LogP contribution is -2.37. The smallest absolute Gasteiger partial charge is 0.242 e. The van der Waals surface area contributed by atoms with Crippen LogP contribution in [0.3, 0.4) is 0 Å². The molecule has 0 unspecified atom stereocenters. The standard InChI is InChI=1S/C14H16FN3O/c1-2-18(11-4-5-11)14(19)9-17-13-6-3-10(8-16)7-12(13)15/h3,6-7,11,17H,2,4-5,9H2,1H3. The number of hydrogen-bond donors (Lipinski definition) is 1. The Balaban J connectivity index is 1.95. The fourth-order valence-electron chi connectivity index (χ4n) is 2.02. The molecule has 0 bridgehead atoms. The van der Waals surface area contributed by atoms with Crippen LogP contribution in [-0.4, -0.2) is 29.9 Å². The summed E-state index contributed by atoms with van der Waals surface area (Å²) >= 11 is 0. The van der Waals surface area contributed by atoms with E-state index in [4.69, 9.17) is 5.26 Å². The number of benzene rings is 1. The average molecular weight is 261 g/mol. The number of likely N-dealkylation sites (N-methyl/N-ethyl adjacent to an activating group) is 1. The van der Waals surface area contributed by atoms with Gasteiger partial charge in [-0.3, -0.25) is 4.79 Å². The molecule has 1 saturated carbocycles. The Bertz CT molecular complexity index is 520. The van der Waals surface area contributed by atoms with Crippen molar-refractivity contribution in [1.82, 2.24) is 4.90 Å². The molecular weight excluding hydrogens is 245 g/mol. The highest BCUT2D eigenvalue weighted by atomic mass is 19.1. The molecule has 2 rings (SSSR count). The molecule has 0 aromatic heterocycles. The lowest BCUT2D eigenvalue weighted by Gasteiger charge is -2.20. The molecule has 100 valence electrons. The summed E-state index contributed by atoms with van der Waals surface area (Å²) in [5.41, 5.74) is 0.516. The second kappa shape index (κ2) is 5.70. The average Bonchev–Trinajstić information content (AvgIpc) is 3.22. The van der Waals surface area contributed by atoms with Crippen LogP contribution < -0.4 is 5.32 Å². The van der Waals surface area contributed by atoms with Crippen LogP contribution in [0.15, 0.2) is 18.2 Å². The van der Waals surface area contributed by atoms with E-state index in [0.29, 0.717) is 12.6 Å². The molecule has 1 aromatic rings. The van der Waals surface area contributed by atoms with Crippen LogP contribution in [0.2, 0.25) is 0 Å². The molecule has 1 aliphatic carbocycles. The Morgan fingerprint density at radius 1 is 1.58 bits per heavy atom. The minimum atomic E-state index is -0.513. The number of carbonyl (C=O) groups is 1. The van der Waals surface area contributed by atoms with Crippen LogP contribution in [0.1, 0.15) is 25.3 Å². The van der Waals surface area contributed by atoms with Gasteiger partial charge < -0.3 is 10.2 Å². The van der Waals surface area contributed by atoms with Gasteiger partial charge in [0.1, 0.15) is 5.82 Å². The zero-order valence-electron chi connectivity index (χ0n) is 10.8. The molecule has 4 nitrogen and oxygen atoms in total. The summed E-state index contributed by atoms with van der Waals surface area (Å²) in [7, 11) is 0. The van der Waals surface area contributed by atoms with E-state index >= 15 is 0 Å². The first-order valence-electron chi connectivity index (χ1n) is 6.38. The Morgan fingerprint density at radius 2 is 2.32 bits per heavy atom. The number of anilines is 1. The van der Waals surface area contributed by atoms with Crippen molar-refractivity contribution in [1.29, 1.82) is 5.26 Å². The zero-order valence-corrected chi connectivity index (χ0v) is 10.8. The number of nitrogens with zero attached hydrogens (tertiary/aromatic N) is 2. The first-order valence-corrected chi connectivity index (χ1v) is 6.38. The number of amides is 1. The molecule has 1 N–H and O–H groups in total. The van der Waals surface area contributed by atoms with Crippen LogP contribution >= 0.6 is 0 Å². The van der Waals surface area contributed by atoms with Crippen molar-refractivity contribution in [2.24, 2.45) is 0 Å². The topological polar surface area (TPSA) is 56.1 Å². The van der Waals surface area contributed by atoms with Gasteiger partial charge in [-0.1, -0.05) is 0 Å². The van der Waals surface area contributed by atoms with Gasteiger partial charge in [-0.2, -0.15) is 5.26 Å². The molecule has 0 atom stereocenters. The monoisotopic (exact) mass is 261 g/mol. The summed E-state index contributed by atoms with van der Waals surface area (Å²) in [5, 5.41) is 11.4. The van der Waals surface area contributed by atoms with Crippen LogP contribution in [0.4, 0.5) is 10.1 Å². The quantitative estimate of drug-likeness (QED) is 0.883. The number of halogens is 1. The molecule has 0 heterocycles. The molecule has 0 spiro atoms. The third kappa shape index (κ3) is 3.22. The van der Waals surface area contributed by atoms with Crippen molar-refractivity contribution in [3.63, 3.8) is 0 Å². The van der Waals surface area contributed by atoms with E-state index in [1.54, 1.807) is 0 Å². The number of rotatable bonds is 5. The maximum absolute atomic E-state index is 13.6. The summed E-state index contributed by atoms with van der Waals surface area (Å²) in [6.07, 6.45) is 2.12. The van der Waals surface area contributed by atoms with Gasteiger partial charge in [-0.15, -0.1) is 0 Å². The Morgan fingerprint density at radius 3 is 2.84 bits per heavy atom. The number of carbonyl (C=O) groups excluding carboxylic acids is 1. The van der Waals surface area contributed by atoms with Crippen molar-refractivity contribution in [3.05, 3.63) is 29.6 Å². The van der Waals surface area contributed by atoms with E-state index in [9.17, 15) is 9.18 Å². The SMILES string of the molecule is CCN(C(=O)CNc1ccc(C#N)cc1F)C1CC1. The van der Waals surface area contributed by atoms with E-state index < -0.39 is 5.82 Å². The fourth-order valence-corrected chi connectivity index (χ4v) is 2.02. The van der Waals surface area contributed by atoms with Crippen LogP contribution in [0.25, 0.3) is 0 Å². The molecule has 1 amide bonds. The minimum Gasteiger partial charge on any atom is -0.374 e. The third-order valence-electron chi connectivity index (χ3n) is 3.18. The van der Waals surface area contributed by atoms with Gasteiger partial charge in [0.2, 0.25) is 5.91 Å². The van der Waals surface area contributed by atoms with Crippen molar-refractivity contribution in [2.75, 3.05) is 18.4 Å². The molecule has 1 aliphatic rings. The summed E-state index contributed by atoms with van der Waals surface area (Å²) in [6.45, 7) is 2.70. The highest BCUT2D eigenvalue weighted by Gasteiger charge is 2.30. The molecule has 0 radical (unpaired) electrons. The van der Waals surface area contributed by atoms with E-state index in [2.05, 4.69) is 5.32 Å². The maximum atomic E-state index is 13.6. The van der Waals surface area contributed by atoms with Gasteiger partial charge in [0.25, 0.3) is 0 Å². The van der Waals surface area contributed by atoms with Crippen LogP contribution in [0.5, 0.6) is 0 Å². The summed E-state index contributed by atoms with van der Waals surface area (Å²) in [5.74, 6) is -0.532. The van der Waals surface area contributed by atoms with Gasteiger partial charge >= 0.3 is 0 Å². The molecular formula is C14H16FN3O. The predicted molar refractivity (Wildman–Crippen MR) is 70.0 cm³/mol. The van der Waals surface area contributed by atoms with Crippen molar-refractivity contribution in [3.8, 4) is 6.07 Å². The van der Waals surface area contributed by atoms with Gasteiger partial charge in [-0.25, -0.2) is 4.39 Å². The lowest BCUT2D eigenvalue weighted by atomic mass is 10.2. The number of nitrogens with one attached hydrogen (secondary N) is 1. The summed E-state index contributed by atoms with van der Waals surface area (Å²) in [6, 6.07) is 6.39. The highest BCUT2D eigenvalue weighted by molar-refractivity contribution is 5.81. The third-order valence-corrected chi connectivity index (χ3v) is 3.18. The molecule has 19 heavy (non-hydrogen) atoms. The molecule has 1 fully saturated rings. The maximum Gasteiger partial charge on any atom is 0.242 e. The Kier molecular flexibility index (Phi) is 4.00. The first-order chi connectivity index (χ1) is 9.15. The zero-order chi connectivity index (χ0) is 13.8. The number of nitriles is 1. The number of hydrogen-bond acceptors (Lipinski definition) is 3. The van der Waals surface area contributed by atoms with E-state index in [-0.39, 0.29) is 23.7 Å². The van der Waals surface area contributed by atoms with Crippen molar-refractivity contribution >= 4 is 11.6 Å². The second-order valence-corrected chi connectivity index (χ2v) is 4.57. The normalized spacial score (nSPS) is 13.7. The Labute approximate surface area is 111 Å². The second-order valence-electron chi connectivity index (χ2n) is 4.57. The Hall–Kier alpha value is -2.09. The lowest BCUT2D eigenvalue weighted by molar-refractivity contribution is -0.129. The molecule has 5 heteroatoms. The van der Waals surface area contributed by atoms with Crippen molar-refractivity contribution < 1.29 is 9.18 Å². The largest absolute Gasteiger partial charge is 0.374 e. The molecule has 0 saturated heterocycles. The van der Waals surface area contributed by atoms with Crippen LogP contribution in [0, 0.1) is 17.1 Å². The summed E-state index contributed by atoms with van der Waals surface area (Å²) < 4.78 is 13.6.